The van der Waals surface area contributed by atoms with Gasteiger partial charge in [-0.15, -0.1) is 0 Å². The largest absolute Gasteiger partial charge is 0.462 e. The Morgan fingerprint density at radius 2 is 0.767 bits per heavy atom. The first-order valence-electron chi connectivity index (χ1n) is 18.4. The normalized spacial score (nSPS) is 11.9. The van der Waals surface area contributed by atoms with Crippen LogP contribution >= 0.6 is 0 Å². The fourth-order valence-corrected chi connectivity index (χ4v) is 5.21. The summed E-state index contributed by atoms with van der Waals surface area (Å²) in [4.78, 5) is 37.1. The van der Waals surface area contributed by atoms with Gasteiger partial charge in [-0.3, -0.25) is 14.4 Å². The standard InChI is InChI=1S/C37H70O6/c1-5-7-9-11-12-13-14-15-16-21-24-28-35(38)41-31-34(43-37(40)30-26-19-10-8-6-2)32-42-36(39)29-25-22-18-17-20-23-27-33(3)4/h33-34H,5-32H2,1-4H3/t34-/m1/s1. The van der Waals surface area contributed by atoms with Crippen molar-refractivity contribution in [3.8, 4) is 0 Å². The van der Waals surface area contributed by atoms with Crippen molar-refractivity contribution in [2.75, 3.05) is 13.2 Å². The Labute approximate surface area is 266 Å². The Bertz CT molecular complexity index is 647. The Hall–Kier alpha value is -1.59. The molecular weight excluding hydrogens is 540 g/mol. The highest BCUT2D eigenvalue weighted by Crippen LogP contribution is 2.14. The summed E-state index contributed by atoms with van der Waals surface area (Å²) in [5, 5.41) is 0. The molecule has 6 nitrogen and oxygen atoms in total. The van der Waals surface area contributed by atoms with Crippen LogP contribution in [0.4, 0.5) is 0 Å². The molecule has 0 fully saturated rings. The van der Waals surface area contributed by atoms with Crippen molar-refractivity contribution in [1.82, 2.24) is 0 Å². The molecule has 6 heteroatoms. The number of rotatable bonds is 32. The number of unbranched alkanes of at least 4 members (excludes halogenated alkanes) is 19. The van der Waals surface area contributed by atoms with Crippen LogP contribution in [0.5, 0.6) is 0 Å². The van der Waals surface area contributed by atoms with Crippen LogP contribution in [0.15, 0.2) is 0 Å². The third-order valence-electron chi connectivity index (χ3n) is 8.04. The predicted molar refractivity (Wildman–Crippen MR) is 178 cm³/mol. The smallest absolute Gasteiger partial charge is 0.306 e. The minimum absolute atomic E-state index is 0.0674. The van der Waals surface area contributed by atoms with Crippen molar-refractivity contribution < 1.29 is 28.6 Å². The van der Waals surface area contributed by atoms with Crippen LogP contribution in [0.3, 0.4) is 0 Å². The first-order valence-corrected chi connectivity index (χ1v) is 18.4. The van der Waals surface area contributed by atoms with Gasteiger partial charge in [-0.25, -0.2) is 0 Å². The average molecular weight is 611 g/mol. The molecular formula is C37H70O6. The summed E-state index contributed by atoms with van der Waals surface area (Å²) < 4.78 is 16.4. The van der Waals surface area contributed by atoms with E-state index in [2.05, 4.69) is 27.7 Å². The zero-order valence-corrected chi connectivity index (χ0v) is 28.9. The molecule has 0 amide bonds. The van der Waals surface area contributed by atoms with Crippen LogP contribution in [0.2, 0.25) is 0 Å². The predicted octanol–water partition coefficient (Wildman–Crippen LogP) is 10.8. The monoisotopic (exact) mass is 611 g/mol. The lowest BCUT2D eigenvalue weighted by Gasteiger charge is -2.18. The summed E-state index contributed by atoms with van der Waals surface area (Å²) in [5.41, 5.74) is 0. The topological polar surface area (TPSA) is 78.9 Å². The number of carbonyl (C=O) groups is 3. The molecule has 0 N–H and O–H groups in total. The molecule has 0 aromatic carbocycles. The quantitative estimate of drug-likeness (QED) is 0.0428. The zero-order valence-electron chi connectivity index (χ0n) is 28.9. The van der Waals surface area contributed by atoms with Gasteiger partial charge >= 0.3 is 17.9 Å². The van der Waals surface area contributed by atoms with E-state index >= 15 is 0 Å². The summed E-state index contributed by atoms with van der Waals surface area (Å²) in [7, 11) is 0. The minimum Gasteiger partial charge on any atom is -0.462 e. The van der Waals surface area contributed by atoms with E-state index in [4.69, 9.17) is 14.2 Å². The maximum absolute atomic E-state index is 12.4. The van der Waals surface area contributed by atoms with Gasteiger partial charge in [0, 0.05) is 19.3 Å². The van der Waals surface area contributed by atoms with Crippen molar-refractivity contribution in [2.24, 2.45) is 5.92 Å². The lowest BCUT2D eigenvalue weighted by atomic mass is 10.0. The molecule has 0 aliphatic heterocycles. The van der Waals surface area contributed by atoms with E-state index in [0.717, 1.165) is 70.1 Å². The molecule has 0 bridgehead atoms. The highest BCUT2D eigenvalue weighted by atomic mass is 16.6. The van der Waals surface area contributed by atoms with Gasteiger partial charge in [-0.2, -0.15) is 0 Å². The molecule has 0 spiro atoms. The third kappa shape index (κ3) is 31.6. The second-order valence-electron chi connectivity index (χ2n) is 13.0. The summed E-state index contributed by atoms with van der Waals surface area (Å²) in [5.74, 6) is -0.123. The molecule has 0 aliphatic carbocycles. The van der Waals surface area contributed by atoms with Gasteiger partial charge in [0.2, 0.25) is 0 Å². The van der Waals surface area contributed by atoms with Gasteiger partial charge in [-0.05, 0) is 25.2 Å². The fourth-order valence-electron chi connectivity index (χ4n) is 5.21. The van der Waals surface area contributed by atoms with Crippen molar-refractivity contribution >= 4 is 17.9 Å². The highest BCUT2D eigenvalue weighted by molar-refractivity contribution is 5.71. The lowest BCUT2D eigenvalue weighted by Crippen LogP contribution is -2.30. The number of carbonyl (C=O) groups excluding carboxylic acids is 3. The van der Waals surface area contributed by atoms with Gasteiger partial charge in [-0.1, -0.05) is 156 Å². The Morgan fingerprint density at radius 1 is 0.442 bits per heavy atom. The minimum atomic E-state index is -0.755. The molecule has 43 heavy (non-hydrogen) atoms. The summed E-state index contributed by atoms with van der Waals surface area (Å²) in [6, 6.07) is 0. The Kier molecular flexibility index (Phi) is 30.6. The van der Waals surface area contributed by atoms with Gasteiger partial charge < -0.3 is 14.2 Å². The maximum Gasteiger partial charge on any atom is 0.306 e. The molecule has 0 heterocycles. The van der Waals surface area contributed by atoms with Crippen LogP contribution < -0.4 is 0 Å². The van der Waals surface area contributed by atoms with Gasteiger partial charge in [0.15, 0.2) is 6.10 Å². The van der Waals surface area contributed by atoms with Gasteiger partial charge in [0.05, 0.1) is 0 Å². The molecule has 0 saturated carbocycles. The Balaban J connectivity index is 4.26. The second kappa shape index (κ2) is 31.8. The number of esters is 3. The summed E-state index contributed by atoms with van der Waals surface area (Å²) >= 11 is 0. The van der Waals surface area contributed by atoms with E-state index in [0.29, 0.717) is 19.3 Å². The zero-order chi connectivity index (χ0) is 31.8. The van der Waals surface area contributed by atoms with Crippen LogP contribution in [-0.2, 0) is 28.6 Å². The molecule has 0 saturated heterocycles. The lowest BCUT2D eigenvalue weighted by molar-refractivity contribution is -0.167. The maximum atomic E-state index is 12.4. The SMILES string of the molecule is CCCCCCCCCCCCCC(=O)OC[C@H](COC(=O)CCCCCCCCC(C)C)OC(=O)CCCCCCC. The molecule has 0 unspecified atom stereocenters. The molecule has 0 aliphatic rings. The Morgan fingerprint density at radius 3 is 1.14 bits per heavy atom. The number of hydrogen-bond donors (Lipinski definition) is 0. The molecule has 254 valence electrons. The molecule has 0 rings (SSSR count). The number of hydrogen-bond acceptors (Lipinski definition) is 6. The van der Waals surface area contributed by atoms with Crippen LogP contribution in [0.25, 0.3) is 0 Å². The number of ether oxygens (including phenoxy) is 3. The second-order valence-corrected chi connectivity index (χ2v) is 13.0. The van der Waals surface area contributed by atoms with Gasteiger partial charge in [0.1, 0.15) is 13.2 Å². The van der Waals surface area contributed by atoms with E-state index in [9.17, 15) is 14.4 Å². The van der Waals surface area contributed by atoms with Crippen molar-refractivity contribution in [3.05, 3.63) is 0 Å². The van der Waals surface area contributed by atoms with E-state index < -0.39 is 6.10 Å². The van der Waals surface area contributed by atoms with Crippen molar-refractivity contribution in [3.63, 3.8) is 0 Å². The third-order valence-corrected chi connectivity index (χ3v) is 8.04. The first-order chi connectivity index (χ1) is 20.9. The van der Waals surface area contributed by atoms with Crippen LogP contribution in [0, 0.1) is 5.92 Å². The average Bonchev–Trinajstić information content (AvgIpc) is 2.98. The molecule has 1 atom stereocenters. The van der Waals surface area contributed by atoms with Crippen molar-refractivity contribution in [2.45, 2.75) is 201 Å². The molecule has 0 aromatic rings. The van der Waals surface area contributed by atoms with E-state index in [1.807, 2.05) is 0 Å². The van der Waals surface area contributed by atoms with Crippen molar-refractivity contribution in [1.29, 1.82) is 0 Å². The van der Waals surface area contributed by atoms with E-state index in [1.54, 1.807) is 0 Å². The highest BCUT2D eigenvalue weighted by Gasteiger charge is 2.19. The fraction of sp³-hybridized carbons (Fsp3) is 0.919. The van der Waals surface area contributed by atoms with Crippen LogP contribution in [0.1, 0.15) is 195 Å². The van der Waals surface area contributed by atoms with Crippen LogP contribution in [-0.4, -0.2) is 37.2 Å². The molecule has 0 radical (unpaired) electrons. The summed E-state index contributed by atoms with van der Waals surface area (Å²) in [6.07, 6.45) is 27.0. The van der Waals surface area contributed by atoms with E-state index in [1.165, 1.54) is 83.5 Å². The summed E-state index contributed by atoms with van der Waals surface area (Å²) in [6.45, 7) is 8.79. The molecule has 0 aromatic heterocycles. The first kappa shape index (κ1) is 41.4. The van der Waals surface area contributed by atoms with E-state index in [-0.39, 0.29) is 31.1 Å². The van der Waals surface area contributed by atoms with Gasteiger partial charge in [0.25, 0.3) is 0 Å².